The Morgan fingerprint density at radius 3 is 2.21 bits per heavy atom. The molecule has 4 saturated carbocycles. The van der Waals surface area contributed by atoms with Crippen LogP contribution in [0.1, 0.15) is 52.4 Å². The van der Waals surface area contributed by atoms with Gasteiger partial charge in [0.1, 0.15) is 5.84 Å². The van der Waals surface area contributed by atoms with Gasteiger partial charge in [-0.3, -0.25) is 4.99 Å². The third-order valence-electron chi connectivity index (χ3n) is 5.50. The lowest BCUT2D eigenvalue weighted by Gasteiger charge is -2.65. The molecular weight excluding hydrogens is 279 g/mol. The summed E-state index contributed by atoms with van der Waals surface area (Å²) in [7, 11) is 0. The van der Waals surface area contributed by atoms with Crippen LogP contribution in [0, 0.1) is 22.2 Å². The largest absolute Gasteiger partial charge is 0.386 e. The summed E-state index contributed by atoms with van der Waals surface area (Å²) < 4.78 is 0. The van der Waals surface area contributed by atoms with Crippen molar-refractivity contribution in [1.82, 2.24) is 0 Å². The molecule has 2 N–H and O–H groups in total. The summed E-state index contributed by atoms with van der Waals surface area (Å²) in [5.41, 5.74) is 7.35. The summed E-state index contributed by atoms with van der Waals surface area (Å²) in [4.78, 5) is 4.56. The molecule has 0 saturated heterocycles. The molecule has 4 rings (SSSR count). The summed E-state index contributed by atoms with van der Waals surface area (Å²) in [6, 6.07) is 0. The molecule has 0 radical (unpaired) electrons. The van der Waals surface area contributed by atoms with Crippen LogP contribution in [0.25, 0.3) is 0 Å². The fraction of sp³-hybridized carbons (Fsp3) is 0.933. The molecule has 4 aliphatic rings. The first-order valence-corrected chi connectivity index (χ1v) is 7.74. The maximum Gasteiger partial charge on any atom is 0.109 e. The Kier molecular flexibility index (Phi) is 3.90. The Morgan fingerprint density at radius 1 is 1.16 bits per heavy atom. The molecule has 110 valence electrons. The number of aliphatic imine (C=N–C) groups is 1. The molecule has 4 heteroatoms. The number of nitrogens with zero attached hydrogens (tertiary/aromatic N) is 1. The van der Waals surface area contributed by atoms with Crippen LogP contribution >= 0.6 is 24.0 Å². The second-order valence-electron chi connectivity index (χ2n) is 8.07. The van der Waals surface area contributed by atoms with Crippen LogP contribution in [-0.2, 0) is 0 Å². The minimum atomic E-state index is 0. The molecule has 0 spiro atoms. The molecule has 4 bridgehead atoms. The van der Waals surface area contributed by atoms with Gasteiger partial charge in [-0.25, -0.2) is 0 Å². The normalized spacial score (nSPS) is 48.2. The minimum Gasteiger partial charge on any atom is -0.386 e. The zero-order valence-corrected chi connectivity index (χ0v) is 13.6. The molecule has 0 amide bonds. The maximum absolute atomic E-state index is 5.79. The highest BCUT2D eigenvalue weighted by molar-refractivity contribution is 6.27. The van der Waals surface area contributed by atoms with Gasteiger partial charge in [0.05, 0.1) is 5.88 Å². The summed E-state index contributed by atoms with van der Waals surface area (Å²) in [5.74, 6) is 1.92. The first kappa shape index (κ1) is 15.4. The van der Waals surface area contributed by atoms with Crippen LogP contribution in [0.5, 0.6) is 0 Å². The van der Waals surface area contributed by atoms with Crippen molar-refractivity contribution >= 4 is 29.8 Å². The summed E-state index contributed by atoms with van der Waals surface area (Å²) in [5, 5.41) is 0. The molecule has 0 aromatic heterocycles. The smallest absolute Gasteiger partial charge is 0.109 e. The maximum atomic E-state index is 5.79. The van der Waals surface area contributed by atoms with Crippen molar-refractivity contribution in [2.45, 2.75) is 52.4 Å². The van der Waals surface area contributed by atoms with Crippen molar-refractivity contribution in [2.24, 2.45) is 32.9 Å². The van der Waals surface area contributed by atoms with Gasteiger partial charge < -0.3 is 5.73 Å². The van der Waals surface area contributed by atoms with E-state index in [2.05, 4.69) is 18.8 Å². The van der Waals surface area contributed by atoms with Crippen LogP contribution in [-0.4, -0.2) is 18.3 Å². The van der Waals surface area contributed by atoms with Gasteiger partial charge in [-0.05, 0) is 60.7 Å². The van der Waals surface area contributed by atoms with Gasteiger partial charge >= 0.3 is 0 Å². The van der Waals surface area contributed by atoms with E-state index in [1.807, 2.05) is 0 Å². The fourth-order valence-corrected chi connectivity index (χ4v) is 6.26. The highest BCUT2D eigenvalue weighted by atomic mass is 35.5. The Morgan fingerprint density at radius 2 is 1.74 bits per heavy atom. The number of nitrogens with two attached hydrogens (primary N) is 1. The number of alkyl halides is 1. The molecule has 0 aromatic carbocycles. The molecule has 2 nitrogen and oxygen atoms in total. The van der Waals surface area contributed by atoms with Crippen molar-refractivity contribution in [1.29, 1.82) is 0 Å². The van der Waals surface area contributed by atoms with Gasteiger partial charge in [0.15, 0.2) is 0 Å². The Bertz CT molecular complexity index is 376. The van der Waals surface area contributed by atoms with E-state index in [-0.39, 0.29) is 12.4 Å². The van der Waals surface area contributed by atoms with Crippen LogP contribution < -0.4 is 5.73 Å². The zero-order valence-electron chi connectivity index (χ0n) is 12.0. The second kappa shape index (κ2) is 4.80. The first-order chi connectivity index (χ1) is 8.36. The average molecular weight is 305 g/mol. The van der Waals surface area contributed by atoms with E-state index in [0.717, 1.165) is 12.5 Å². The van der Waals surface area contributed by atoms with Crippen LogP contribution in [0.4, 0.5) is 0 Å². The highest BCUT2D eigenvalue weighted by Gasteiger charge is 2.59. The Hall–Kier alpha value is 0.0500. The van der Waals surface area contributed by atoms with E-state index in [1.165, 1.54) is 38.5 Å². The van der Waals surface area contributed by atoms with E-state index in [9.17, 15) is 0 Å². The third-order valence-corrected chi connectivity index (χ3v) is 5.77. The summed E-state index contributed by atoms with van der Waals surface area (Å²) >= 11 is 5.74. The predicted octanol–water partition coefficient (Wildman–Crippen LogP) is 4.00. The van der Waals surface area contributed by atoms with Crippen molar-refractivity contribution in [3.8, 4) is 0 Å². The number of halogens is 2. The van der Waals surface area contributed by atoms with Crippen molar-refractivity contribution in [3.05, 3.63) is 0 Å². The van der Waals surface area contributed by atoms with Crippen molar-refractivity contribution < 1.29 is 0 Å². The number of rotatable bonds is 3. The zero-order chi connectivity index (χ0) is 13.0. The third kappa shape index (κ3) is 2.76. The Labute approximate surface area is 128 Å². The van der Waals surface area contributed by atoms with E-state index in [4.69, 9.17) is 17.3 Å². The van der Waals surface area contributed by atoms with E-state index < -0.39 is 0 Å². The van der Waals surface area contributed by atoms with Gasteiger partial charge in [0.25, 0.3) is 0 Å². The first-order valence-electron chi connectivity index (χ1n) is 7.21. The van der Waals surface area contributed by atoms with Gasteiger partial charge in [0.2, 0.25) is 0 Å². The highest BCUT2D eigenvalue weighted by Crippen LogP contribution is 2.69. The molecule has 19 heavy (non-hydrogen) atoms. The minimum absolute atomic E-state index is 0. The van der Waals surface area contributed by atoms with Crippen LogP contribution in [0.2, 0.25) is 0 Å². The monoisotopic (exact) mass is 304 g/mol. The van der Waals surface area contributed by atoms with Gasteiger partial charge in [-0.1, -0.05) is 13.8 Å². The van der Waals surface area contributed by atoms with E-state index in [0.29, 0.717) is 28.0 Å². The lowest BCUT2D eigenvalue weighted by Crippen LogP contribution is -2.56. The van der Waals surface area contributed by atoms with Crippen LogP contribution in [0.15, 0.2) is 4.99 Å². The lowest BCUT2D eigenvalue weighted by atomic mass is 9.40. The molecule has 0 heterocycles. The van der Waals surface area contributed by atoms with Crippen LogP contribution in [0.3, 0.4) is 0 Å². The van der Waals surface area contributed by atoms with Gasteiger partial charge in [0, 0.05) is 6.54 Å². The Balaban J connectivity index is 0.00000133. The summed E-state index contributed by atoms with van der Waals surface area (Å²) in [6.07, 6.45) is 8.39. The summed E-state index contributed by atoms with van der Waals surface area (Å²) in [6.45, 7) is 5.91. The lowest BCUT2D eigenvalue weighted by molar-refractivity contribution is -0.140. The molecule has 0 aliphatic heterocycles. The standard InChI is InChI=1S/C15H25ClN2.ClH/c1-13-3-11-4-14(2,7-13)9-15(5-11,8-13)10-18-12(17)6-16;/h11H,3-10H2,1-2H3,(H2,17,18);1H. The fourth-order valence-electron chi connectivity index (χ4n) is 6.17. The SMILES string of the molecule is CC12CC3CC(C)(C1)CC(CN=C(N)CCl)(C3)C2.Cl. The molecule has 2 atom stereocenters. The quantitative estimate of drug-likeness (QED) is 0.478. The number of hydrogen-bond acceptors (Lipinski definition) is 1. The number of amidine groups is 1. The van der Waals surface area contributed by atoms with Crippen molar-refractivity contribution in [3.63, 3.8) is 0 Å². The van der Waals surface area contributed by atoms with Gasteiger partial charge in [-0.2, -0.15) is 0 Å². The molecule has 4 fully saturated rings. The number of hydrogen-bond donors (Lipinski definition) is 1. The van der Waals surface area contributed by atoms with Crippen molar-refractivity contribution in [2.75, 3.05) is 12.4 Å². The molecule has 2 unspecified atom stereocenters. The van der Waals surface area contributed by atoms with E-state index >= 15 is 0 Å². The molecule has 0 aromatic rings. The average Bonchev–Trinajstić information content (AvgIpc) is 2.21. The van der Waals surface area contributed by atoms with Gasteiger partial charge in [-0.15, -0.1) is 24.0 Å². The van der Waals surface area contributed by atoms with E-state index in [1.54, 1.807) is 0 Å². The topological polar surface area (TPSA) is 38.4 Å². The molecular formula is C15H26Cl2N2. The molecule has 4 aliphatic carbocycles. The second-order valence-corrected chi connectivity index (χ2v) is 8.34. The predicted molar refractivity (Wildman–Crippen MR) is 84.3 cm³/mol.